The lowest BCUT2D eigenvalue weighted by molar-refractivity contribution is -0.142. The number of ether oxygens (including phenoxy) is 1. The fourth-order valence-corrected chi connectivity index (χ4v) is 2.87. The molecule has 0 amide bonds. The molecular formula is C18H16Cl2N2O2. The molecule has 0 fully saturated rings. The van der Waals surface area contributed by atoms with Gasteiger partial charge in [-0.1, -0.05) is 35.3 Å². The minimum absolute atomic E-state index is 0.119. The molecule has 0 bridgehead atoms. The van der Waals surface area contributed by atoms with Crippen LogP contribution in [-0.4, -0.2) is 22.1 Å². The van der Waals surface area contributed by atoms with E-state index in [-0.39, 0.29) is 12.4 Å². The van der Waals surface area contributed by atoms with E-state index in [1.54, 1.807) is 13.0 Å². The molecule has 0 saturated carbocycles. The molecule has 0 spiro atoms. The summed E-state index contributed by atoms with van der Waals surface area (Å²) in [5, 5.41) is 1.30. The number of hydrogen-bond acceptors (Lipinski definition) is 3. The Morgan fingerprint density at radius 1 is 1.12 bits per heavy atom. The quantitative estimate of drug-likeness (QED) is 0.627. The second kappa shape index (κ2) is 7.24. The third-order valence-corrected chi connectivity index (χ3v) is 4.14. The van der Waals surface area contributed by atoms with Gasteiger partial charge in [0.25, 0.3) is 0 Å². The van der Waals surface area contributed by atoms with Gasteiger partial charge < -0.3 is 9.30 Å². The maximum absolute atomic E-state index is 11.9. The van der Waals surface area contributed by atoms with Crippen LogP contribution >= 0.6 is 23.2 Å². The van der Waals surface area contributed by atoms with E-state index < -0.39 is 0 Å². The van der Waals surface area contributed by atoms with E-state index >= 15 is 0 Å². The SMILES string of the molecule is CCOC(=O)Cc1nc2cc(Cl)ccc2n1Cc1ccc(Cl)cc1. The lowest BCUT2D eigenvalue weighted by Gasteiger charge is -2.09. The van der Waals surface area contributed by atoms with E-state index in [1.165, 1.54) is 0 Å². The van der Waals surface area contributed by atoms with Gasteiger partial charge in [-0.2, -0.15) is 0 Å². The van der Waals surface area contributed by atoms with Crippen LogP contribution in [0.15, 0.2) is 42.5 Å². The van der Waals surface area contributed by atoms with Crippen LogP contribution in [-0.2, 0) is 22.5 Å². The van der Waals surface area contributed by atoms with Gasteiger partial charge in [0, 0.05) is 16.6 Å². The second-order valence-electron chi connectivity index (χ2n) is 5.36. The molecule has 0 aliphatic heterocycles. The number of carbonyl (C=O) groups excluding carboxylic acids is 1. The van der Waals surface area contributed by atoms with Gasteiger partial charge in [-0.3, -0.25) is 4.79 Å². The summed E-state index contributed by atoms with van der Waals surface area (Å²) >= 11 is 12.0. The molecule has 0 atom stereocenters. The predicted molar refractivity (Wildman–Crippen MR) is 95.6 cm³/mol. The summed E-state index contributed by atoms with van der Waals surface area (Å²) in [6, 6.07) is 13.1. The van der Waals surface area contributed by atoms with Gasteiger partial charge in [0.1, 0.15) is 12.2 Å². The molecule has 3 rings (SSSR count). The molecule has 6 heteroatoms. The van der Waals surface area contributed by atoms with Gasteiger partial charge in [0.05, 0.1) is 17.6 Å². The highest BCUT2D eigenvalue weighted by Gasteiger charge is 2.15. The molecule has 0 N–H and O–H groups in total. The highest BCUT2D eigenvalue weighted by molar-refractivity contribution is 6.31. The first kappa shape index (κ1) is 16.8. The third-order valence-electron chi connectivity index (χ3n) is 3.65. The van der Waals surface area contributed by atoms with Crippen LogP contribution < -0.4 is 0 Å². The summed E-state index contributed by atoms with van der Waals surface area (Å²) in [7, 11) is 0. The maximum atomic E-state index is 11.9. The summed E-state index contributed by atoms with van der Waals surface area (Å²) in [6.45, 7) is 2.72. The Labute approximate surface area is 150 Å². The molecule has 4 nitrogen and oxygen atoms in total. The summed E-state index contributed by atoms with van der Waals surface area (Å²) in [4.78, 5) is 16.4. The van der Waals surface area contributed by atoms with Gasteiger partial charge in [-0.05, 0) is 42.8 Å². The monoisotopic (exact) mass is 362 g/mol. The molecule has 0 aliphatic carbocycles. The molecule has 1 aromatic heterocycles. The van der Waals surface area contributed by atoms with Crippen LogP contribution in [0.4, 0.5) is 0 Å². The zero-order chi connectivity index (χ0) is 17.1. The number of halogens is 2. The molecule has 0 radical (unpaired) electrons. The number of benzene rings is 2. The number of carbonyl (C=O) groups is 1. The van der Waals surface area contributed by atoms with E-state index in [4.69, 9.17) is 27.9 Å². The van der Waals surface area contributed by atoms with Gasteiger partial charge in [-0.25, -0.2) is 4.98 Å². The Bertz CT molecular complexity index is 873. The molecule has 124 valence electrons. The Morgan fingerprint density at radius 3 is 2.54 bits per heavy atom. The zero-order valence-electron chi connectivity index (χ0n) is 13.1. The lowest BCUT2D eigenvalue weighted by atomic mass is 10.2. The van der Waals surface area contributed by atoms with E-state index in [0.717, 1.165) is 16.6 Å². The van der Waals surface area contributed by atoms with Crippen molar-refractivity contribution in [1.82, 2.24) is 9.55 Å². The van der Waals surface area contributed by atoms with E-state index in [2.05, 4.69) is 4.98 Å². The van der Waals surface area contributed by atoms with Crippen molar-refractivity contribution in [1.29, 1.82) is 0 Å². The Hall–Kier alpha value is -2.04. The molecule has 3 aromatic rings. The third kappa shape index (κ3) is 3.71. The average molecular weight is 363 g/mol. The number of fused-ring (bicyclic) bond motifs is 1. The number of hydrogen-bond donors (Lipinski definition) is 0. The van der Waals surface area contributed by atoms with Crippen LogP contribution in [0.1, 0.15) is 18.3 Å². The van der Waals surface area contributed by atoms with Crippen molar-refractivity contribution in [2.75, 3.05) is 6.61 Å². The molecule has 24 heavy (non-hydrogen) atoms. The molecule has 2 aromatic carbocycles. The minimum atomic E-state index is -0.295. The first-order chi connectivity index (χ1) is 11.6. The Morgan fingerprint density at radius 2 is 1.83 bits per heavy atom. The van der Waals surface area contributed by atoms with Gasteiger partial charge in [0.15, 0.2) is 0 Å². The van der Waals surface area contributed by atoms with Crippen LogP contribution in [0, 0.1) is 0 Å². The smallest absolute Gasteiger partial charge is 0.313 e. The average Bonchev–Trinajstić information content (AvgIpc) is 2.86. The van der Waals surface area contributed by atoms with Gasteiger partial charge in [-0.15, -0.1) is 0 Å². The highest BCUT2D eigenvalue weighted by Crippen LogP contribution is 2.23. The standard InChI is InChI=1S/C18H16Cl2N2O2/c1-2-24-18(23)10-17-21-15-9-14(20)7-8-16(15)22(17)11-12-3-5-13(19)6-4-12/h3-9H,2,10-11H2,1H3. The van der Waals surface area contributed by atoms with Crippen LogP contribution in [0.25, 0.3) is 11.0 Å². The first-order valence-electron chi connectivity index (χ1n) is 7.61. The van der Waals surface area contributed by atoms with Gasteiger partial charge >= 0.3 is 5.97 Å². The number of esters is 1. The number of rotatable bonds is 5. The van der Waals surface area contributed by atoms with Crippen molar-refractivity contribution in [2.45, 2.75) is 19.9 Å². The number of imidazole rings is 1. The number of nitrogens with zero attached hydrogens (tertiary/aromatic N) is 2. The molecule has 0 saturated heterocycles. The summed E-state index contributed by atoms with van der Waals surface area (Å²) in [6.07, 6.45) is 0.119. The number of aromatic nitrogens is 2. The second-order valence-corrected chi connectivity index (χ2v) is 6.23. The summed E-state index contributed by atoms with van der Waals surface area (Å²) in [5.74, 6) is 0.358. The van der Waals surface area contributed by atoms with Crippen molar-refractivity contribution < 1.29 is 9.53 Å². The first-order valence-corrected chi connectivity index (χ1v) is 8.37. The lowest BCUT2D eigenvalue weighted by Crippen LogP contribution is -2.13. The Balaban J connectivity index is 2.01. The zero-order valence-corrected chi connectivity index (χ0v) is 14.6. The highest BCUT2D eigenvalue weighted by atomic mass is 35.5. The van der Waals surface area contributed by atoms with Gasteiger partial charge in [0.2, 0.25) is 0 Å². The molecule has 0 aliphatic rings. The van der Waals surface area contributed by atoms with Crippen LogP contribution in [0.3, 0.4) is 0 Å². The largest absolute Gasteiger partial charge is 0.466 e. The van der Waals surface area contributed by atoms with Crippen molar-refractivity contribution in [3.05, 3.63) is 63.9 Å². The van der Waals surface area contributed by atoms with Crippen LogP contribution in [0.5, 0.6) is 0 Å². The van der Waals surface area contributed by atoms with E-state index in [1.807, 2.05) is 41.0 Å². The van der Waals surface area contributed by atoms with E-state index in [0.29, 0.717) is 29.0 Å². The summed E-state index contributed by atoms with van der Waals surface area (Å²) < 4.78 is 7.06. The normalized spacial score (nSPS) is 11.0. The minimum Gasteiger partial charge on any atom is -0.466 e. The molecular weight excluding hydrogens is 347 g/mol. The summed E-state index contributed by atoms with van der Waals surface area (Å²) in [5.41, 5.74) is 2.75. The fraction of sp³-hybridized carbons (Fsp3) is 0.222. The maximum Gasteiger partial charge on any atom is 0.313 e. The van der Waals surface area contributed by atoms with Crippen molar-refractivity contribution in [2.24, 2.45) is 0 Å². The topological polar surface area (TPSA) is 44.1 Å². The Kier molecular flexibility index (Phi) is 5.07. The molecule has 0 unspecified atom stereocenters. The predicted octanol–water partition coefficient (Wildman–Crippen LogP) is 4.50. The van der Waals surface area contributed by atoms with E-state index in [9.17, 15) is 4.79 Å². The van der Waals surface area contributed by atoms with Crippen LogP contribution in [0.2, 0.25) is 10.0 Å². The fourth-order valence-electron chi connectivity index (χ4n) is 2.58. The van der Waals surface area contributed by atoms with Crippen molar-refractivity contribution in [3.8, 4) is 0 Å². The van der Waals surface area contributed by atoms with Crippen molar-refractivity contribution >= 4 is 40.2 Å². The van der Waals surface area contributed by atoms with Crippen molar-refractivity contribution in [3.63, 3.8) is 0 Å². The molecule has 1 heterocycles.